The second-order valence-corrected chi connectivity index (χ2v) is 7.42. The fourth-order valence-electron chi connectivity index (χ4n) is 3.48. The second kappa shape index (κ2) is 6.22. The van der Waals surface area contributed by atoms with Crippen LogP contribution in [0.15, 0.2) is 36.9 Å². The Balaban J connectivity index is 1.68. The third-order valence-electron chi connectivity index (χ3n) is 4.77. The number of imidazole rings is 1. The first-order valence-corrected chi connectivity index (χ1v) is 8.84. The third-order valence-corrected chi connectivity index (χ3v) is 4.77. The molecule has 1 aromatic carbocycles. The lowest BCUT2D eigenvalue weighted by molar-refractivity contribution is -0.136. The molecule has 8 heteroatoms. The smallest absolute Gasteiger partial charge is 0.245 e. The van der Waals surface area contributed by atoms with Gasteiger partial charge in [0.05, 0.1) is 12.9 Å². The summed E-state index contributed by atoms with van der Waals surface area (Å²) in [4.78, 5) is 27.6. The van der Waals surface area contributed by atoms with Crippen LogP contribution in [0.5, 0.6) is 5.75 Å². The van der Waals surface area contributed by atoms with Crippen molar-refractivity contribution in [2.75, 3.05) is 12.3 Å². The predicted octanol–water partition coefficient (Wildman–Crippen LogP) is 2.17. The van der Waals surface area contributed by atoms with Crippen LogP contribution in [0.1, 0.15) is 32.4 Å². The normalized spacial score (nSPS) is 17.1. The minimum absolute atomic E-state index is 0.0279. The van der Waals surface area contributed by atoms with Gasteiger partial charge in [-0.05, 0) is 26.8 Å². The van der Waals surface area contributed by atoms with Crippen LogP contribution in [-0.2, 0) is 11.3 Å². The summed E-state index contributed by atoms with van der Waals surface area (Å²) in [5.41, 5.74) is 7.41. The number of nitrogens with zero attached hydrogens (tertiary/aromatic N) is 5. The maximum atomic E-state index is 13.3. The predicted molar refractivity (Wildman–Crippen MR) is 101 cm³/mol. The summed E-state index contributed by atoms with van der Waals surface area (Å²) < 4.78 is 7.87. The zero-order valence-electron chi connectivity index (χ0n) is 15.6. The van der Waals surface area contributed by atoms with Gasteiger partial charge in [-0.1, -0.05) is 18.2 Å². The maximum Gasteiger partial charge on any atom is 0.245 e. The first-order valence-electron chi connectivity index (χ1n) is 8.84. The average Bonchev–Trinajstić information content (AvgIpc) is 3.00. The van der Waals surface area contributed by atoms with Gasteiger partial charge in [0.25, 0.3) is 0 Å². The van der Waals surface area contributed by atoms with Crippen LogP contribution in [0.3, 0.4) is 0 Å². The maximum absolute atomic E-state index is 13.3. The first-order chi connectivity index (χ1) is 12.9. The molecule has 0 saturated heterocycles. The number of nitrogens with two attached hydrogens (primary N) is 1. The van der Waals surface area contributed by atoms with Gasteiger partial charge in [0.15, 0.2) is 11.5 Å². The van der Waals surface area contributed by atoms with Crippen LogP contribution in [-0.4, -0.2) is 42.5 Å². The number of carbonyl (C=O) groups excluding carboxylic acids is 1. The van der Waals surface area contributed by atoms with Crippen LogP contribution in [0, 0.1) is 0 Å². The quantitative estimate of drug-likeness (QED) is 0.746. The molecule has 1 aliphatic rings. The molecule has 0 saturated carbocycles. The van der Waals surface area contributed by atoms with Gasteiger partial charge in [0.1, 0.15) is 29.2 Å². The summed E-state index contributed by atoms with van der Waals surface area (Å²) in [6, 6.07) is 7.34. The van der Waals surface area contributed by atoms with E-state index >= 15 is 0 Å². The van der Waals surface area contributed by atoms with Gasteiger partial charge < -0.3 is 19.9 Å². The van der Waals surface area contributed by atoms with Gasteiger partial charge in [-0.25, -0.2) is 15.0 Å². The van der Waals surface area contributed by atoms with Crippen molar-refractivity contribution in [3.05, 3.63) is 42.5 Å². The Hall–Kier alpha value is -3.16. The fourth-order valence-corrected chi connectivity index (χ4v) is 3.48. The van der Waals surface area contributed by atoms with Crippen LogP contribution in [0.2, 0.25) is 0 Å². The lowest BCUT2D eigenvalue weighted by Crippen LogP contribution is -2.45. The number of rotatable bonds is 2. The summed E-state index contributed by atoms with van der Waals surface area (Å²) in [7, 11) is 0. The number of hydrogen-bond donors (Lipinski definition) is 1. The molecule has 1 aliphatic heterocycles. The van der Waals surface area contributed by atoms with Crippen molar-refractivity contribution in [2.45, 2.75) is 39.0 Å². The molecule has 3 heterocycles. The third kappa shape index (κ3) is 3.07. The zero-order chi connectivity index (χ0) is 19.2. The largest absolute Gasteiger partial charge is 0.486 e. The molecule has 0 bridgehead atoms. The average molecular weight is 366 g/mol. The van der Waals surface area contributed by atoms with E-state index in [1.807, 2.05) is 49.9 Å². The highest BCUT2D eigenvalue weighted by molar-refractivity contribution is 5.85. The van der Waals surface area contributed by atoms with Crippen LogP contribution >= 0.6 is 0 Å². The molecule has 1 atom stereocenters. The van der Waals surface area contributed by atoms with E-state index < -0.39 is 11.6 Å². The van der Waals surface area contributed by atoms with Gasteiger partial charge >= 0.3 is 0 Å². The SMILES string of the molecule is CC(C(=O)N1Cc2ccccc2OC(C)(C)C1)n1cnc2c(N)ncnc21. The van der Waals surface area contributed by atoms with Crippen molar-refractivity contribution in [3.8, 4) is 5.75 Å². The highest BCUT2D eigenvalue weighted by atomic mass is 16.5. The number of anilines is 1. The molecule has 0 radical (unpaired) electrons. The first kappa shape index (κ1) is 17.3. The zero-order valence-corrected chi connectivity index (χ0v) is 15.6. The van der Waals surface area contributed by atoms with E-state index in [0.717, 1.165) is 11.3 Å². The number of fused-ring (bicyclic) bond motifs is 2. The Morgan fingerprint density at radius 1 is 1.26 bits per heavy atom. The molecular formula is C19H22N6O2. The van der Waals surface area contributed by atoms with Gasteiger partial charge in [-0.15, -0.1) is 0 Å². The molecule has 140 valence electrons. The molecule has 0 spiro atoms. The minimum atomic E-state index is -0.494. The summed E-state index contributed by atoms with van der Waals surface area (Å²) in [5.74, 6) is 1.09. The molecule has 8 nitrogen and oxygen atoms in total. The summed E-state index contributed by atoms with van der Waals surface area (Å²) in [6.45, 7) is 6.79. The van der Waals surface area contributed by atoms with Crippen LogP contribution in [0.25, 0.3) is 11.2 Å². The number of para-hydroxylation sites is 1. The molecule has 4 rings (SSSR count). The van der Waals surface area contributed by atoms with Crippen LogP contribution in [0.4, 0.5) is 5.82 Å². The monoisotopic (exact) mass is 366 g/mol. The molecule has 1 unspecified atom stereocenters. The van der Waals surface area contributed by atoms with E-state index in [1.54, 1.807) is 10.9 Å². The molecule has 2 N–H and O–H groups in total. The number of nitrogen functional groups attached to an aromatic ring is 1. The number of amides is 1. The summed E-state index contributed by atoms with van der Waals surface area (Å²) in [5, 5.41) is 0. The van der Waals surface area contributed by atoms with Gasteiger partial charge in [0, 0.05) is 12.1 Å². The number of carbonyl (C=O) groups is 1. The molecular weight excluding hydrogens is 344 g/mol. The molecule has 2 aromatic heterocycles. The Bertz CT molecular complexity index is 1010. The Morgan fingerprint density at radius 2 is 2.04 bits per heavy atom. The second-order valence-electron chi connectivity index (χ2n) is 7.42. The molecule has 0 fully saturated rings. The van der Waals surface area contributed by atoms with Crippen LogP contribution < -0.4 is 10.5 Å². The Labute approximate surface area is 157 Å². The van der Waals surface area contributed by atoms with Gasteiger partial charge in [-0.3, -0.25) is 4.79 Å². The number of hydrogen-bond acceptors (Lipinski definition) is 6. The highest BCUT2D eigenvalue weighted by Crippen LogP contribution is 2.30. The number of benzene rings is 1. The highest BCUT2D eigenvalue weighted by Gasteiger charge is 2.34. The van der Waals surface area contributed by atoms with Crippen molar-refractivity contribution in [2.24, 2.45) is 0 Å². The molecule has 1 amide bonds. The van der Waals surface area contributed by atoms with Crippen molar-refractivity contribution in [1.29, 1.82) is 0 Å². The standard InChI is InChI=1S/C19H22N6O2/c1-12(25-11-23-15-16(20)21-10-22-17(15)25)18(26)24-8-13-6-4-5-7-14(13)27-19(2,3)9-24/h4-7,10-12H,8-9H2,1-3H3,(H2,20,21,22). The lowest BCUT2D eigenvalue weighted by atomic mass is 10.1. The van der Waals surface area contributed by atoms with Gasteiger partial charge in [0.2, 0.25) is 5.91 Å². The van der Waals surface area contributed by atoms with Gasteiger partial charge in [-0.2, -0.15) is 0 Å². The van der Waals surface area contributed by atoms with Crippen molar-refractivity contribution < 1.29 is 9.53 Å². The van der Waals surface area contributed by atoms with E-state index in [1.165, 1.54) is 6.33 Å². The van der Waals surface area contributed by atoms with Crippen molar-refractivity contribution >= 4 is 22.9 Å². The van der Waals surface area contributed by atoms with E-state index in [4.69, 9.17) is 10.5 Å². The molecule has 3 aromatic rings. The molecule has 27 heavy (non-hydrogen) atoms. The number of aromatic nitrogens is 4. The Kier molecular flexibility index (Phi) is 3.98. The Morgan fingerprint density at radius 3 is 2.85 bits per heavy atom. The van der Waals surface area contributed by atoms with Crippen molar-refractivity contribution in [3.63, 3.8) is 0 Å². The lowest BCUT2D eigenvalue weighted by Gasteiger charge is -2.31. The number of ether oxygens (including phenoxy) is 1. The van der Waals surface area contributed by atoms with E-state index in [0.29, 0.717) is 30.1 Å². The summed E-state index contributed by atoms with van der Waals surface area (Å²) >= 11 is 0. The topological polar surface area (TPSA) is 99.2 Å². The van der Waals surface area contributed by atoms with E-state index in [-0.39, 0.29) is 5.91 Å². The van der Waals surface area contributed by atoms with E-state index in [9.17, 15) is 4.79 Å². The minimum Gasteiger partial charge on any atom is -0.486 e. The fraction of sp³-hybridized carbons (Fsp3) is 0.368. The summed E-state index contributed by atoms with van der Waals surface area (Å²) in [6.07, 6.45) is 2.97. The van der Waals surface area contributed by atoms with Crippen molar-refractivity contribution in [1.82, 2.24) is 24.4 Å². The molecule has 0 aliphatic carbocycles. The van der Waals surface area contributed by atoms with E-state index in [2.05, 4.69) is 15.0 Å².